The van der Waals surface area contributed by atoms with Gasteiger partial charge in [-0.2, -0.15) is 0 Å². The van der Waals surface area contributed by atoms with Crippen LogP contribution in [0.2, 0.25) is 0 Å². The fraction of sp³-hybridized carbons (Fsp3) is 0.933. The summed E-state index contributed by atoms with van der Waals surface area (Å²) in [5.74, 6) is 1.71. The first-order valence-corrected chi connectivity index (χ1v) is 7.67. The highest BCUT2D eigenvalue weighted by molar-refractivity contribution is 5.80. The molecule has 3 unspecified atom stereocenters. The molecule has 0 aromatic rings. The van der Waals surface area contributed by atoms with E-state index in [0.717, 1.165) is 24.8 Å². The van der Waals surface area contributed by atoms with Crippen molar-refractivity contribution < 1.29 is 9.53 Å². The summed E-state index contributed by atoms with van der Waals surface area (Å²) in [4.78, 5) is 14.5. The number of likely N-dealkylation sites (N-methyl/N-ethyl adjacent to an activating group) is 1. The zero-order chi connectivity index (χ0) is 13.9. The molecular formula is C15H28N2O2. The highest BCUT2D eigenvalue weighted by Crippen LogP contribution is 2.37. The molecule has 110 valence electrons. The Morgan fingerprint density at radius 3 is 2.53 bits per heavy atom. The van der Waals surface area contributed by atoms with Crippen LogP contribution >= 0.6 is 0 Å². The molecule has 1 saturated carbocycles. The number of hydrogen-bond donors (Lipinski definition) is 1. The van der Waals surface area contributed by atoms with E-state index < -0.39 is 5.54 Å². The van der Waals surface area contributed by atoms with Gasteiger partial charge >= 0.3 is 5.97 Å². The van der Waals surface area contributed by atoms with Crippen molar-refractivity contribution in [3.8, 4) is 0 Å². The van der Waals surface area contributed by atoms with Crippen molar-refractivity contribution in [3.63, 3.8) is 0 Å². The Morgan fingerprint density at radius 2 is 2.00 bits per heavy atom. The second-order valence-electron chi connectivity index (χ2n) is 6.26. The molecule has 1 aliphatic carbocycles. The number of carbonyl (C=O) groups excluding carboxylic acids is 1. The summed E-state index contributed by atoms with van der Waals surface area (Å²) in [6.45, 7) is 7.70. The molecule has 0 spiro atoms. The summed E-state index contributed by atoms with van der Waals surface area (Å²) in [6.07, 6.45) is 5.05. The van der Waals surface area contributed by atoms with Gasteiger partial charge in [-0.25, -0.2) is 0 Å². The first-order chi connectivity index (χ1) is 9.09. The van der Waals surface area contributed by atoms with E-state index in [0.29, 0.717) is 6.61 Å². The van der Waals surface area contributed by atoms with Crippen molar-refractivity contribution in [2.24, 2.45) is 11.8 Å². The second kappa shape index (κ2) is 6.23. The van der Waals surface area contributed by atoms with Gasteiger partial charge in [-0.1, -0.05) is 6.42 Å². The van der Waals surface area contributed by atoms with Crippen LogP contribution in [0.1, 0.15) is 39.5 Å². The summed E-state index contributed by atoms with van der Waals surface area (Å²) in [5, 5.41) is 3.14. The highest BCUT2D eigenvalue weighted by Gasteiger charge is 2.38. The Morgan fingerprint density at radius 1 is 1.37 bits per heavy atom. The molecule has 4 heteroatoms. The zero-order valence-electron chi connectivity index (χ0n) is 12.6. The monoisotopic (exact) mass is 268 g/mol. The first-order valence-electron chi connectivity index (χ1n) is 7.67. The molecule has 1 aliphatic heterocycles. The zero-order valence-corrected chi connectivity index (χ0v) is 12.6. The molecule has 0 aromatic heterocycles. The first kappa shape index (κ1) is 14.8. The van der Waals surface area contributed by atoms with Gasteiger partial charge < -0.3 is 15.0 Å². The number of carbonyl (C=O) groups is 1. The standard InChI is InChI=1S/C15H28N2O2/c1-4-19-14(18)15(2,16-3)8-9-17-10-12-6-5-7-13(12)11-17/h12-13,16H,4-11H2,1-3H3. The predicted molar refractivity (Wildman–Crippen MR) is 76.0 cm³/mol. The predicted octanol–water partition coefficient (Wildman–Crippen LogP) is 1.65. The minimum atomic E-state index is -0.548. The van der Waals surface area contributed by atoms with E-state index in [9.17, 15) is 4.79 Å². The van der Waals surface area contributed by atoms with Gasteiger partial charge in [-0.15, -0.1) is 0 Å². The quantitative estimate of drug-likeness (QED) is 0.744. The summed E-state index contributed by atoms with van der Waals surface area (Å²) >= 11 is 0. The maximum absolute atomic E-state index is 12.0. The summed E-state index contributed by atoms with van der Waals surface area (Å²) < 4.78 is 5.17. The molecule has 0 aromatic carbocycles. The molecule has 0 amide bonds. The average Bonchev–Trinajstić information content (AvgIpc) is 2.96. The maximum atomic E-state index is 12.0. The molecule has 1 N–H and O–H groups in total. The molecule has 0 bridgehead atoms. The Kier molecular flexibility index (Phi) is 4.85. The normalized spacial score (nSPS) is 30.1. The Labute approximate surface area is 116 Å². The van der Waals surface area contributed by atoms with Crippen LogP contribution in [0.4, 0.5) is 0 Å². The van der Waals surface area contributed by atoms with Crippen molar-refractivity contribution >= 4 is 5.97 Å². The molecule has 0 radical (unpaired) electrons. The van der Waals surface area contributed by atoms with Crippen LogP contribution in [-0.4, -0.2) is 49.7 Å². The van der Waals surface area contributed by atoms with Crippen LogP contribution in [0.5, 0.6) is 0 Å². The fourth-order valence-corrected chi connectivity index (χ4v) is 3.52. The Balaban J connectivity index is 1.81. The molecule has 2 fully saturated rings. The molecule has 3 atom stereocenters. The molecular weight excluding hydrogens is 240 g/mol. The van der Waals surface area contributed by atoms with Crippen LogP contribution in [0, 0.1) is 11.8 Å². The van der Waals surface area contributed by atoms with Gasteiger partial charge in [0.15, 0.2) is 0 Å². The summed E-state index contributed by atoms with van der Waals surface area (Å²) in [6, 6.07) is 0. The van der Waals surface area contributed by atoms with Gasteiger partial charge in [-0.05, 0) is 52.0 Å². The molecule has 4 nitrogen and oxygen atoms in total. The highest BCUT2D eigenvalue weighted by atomic mass is 16.5. The minimum absolute atomic E-state index is 0.128. The molecule has 1 heterocycles. The second-order valence-corrected chi connectivity index (χ2v) is 6.26. The van der Waals surface area contributed by atoms with E-state index in [1.54, 1.807) is 0 Å². The number of nitrogens with one attached hydrogen (secondary N) is 1. The number of hydrogen-bond acceptors (Lipinski definition) is 4. The lowest BCUT2D eigenvalue weighted by Gasteiger charge is -2.29. The van der Waals surface area contributed by atoms with Crippen LogP contribution in [0.25, 0.3) is 0 Å². The number of likely N-dealkylation sites (tertiary alicyclic amines) is 1. The maximum Gasteiger partial charge on any atom is 0.326 e. The average molecular weight is 268 g/mol. The third kappa shape index (κ3) is 3.29. The van der Waals surface area contributed by atoms with Crippen molar-refractivity contribution in [2.75, 3.05) is 33.3 Å². The van der Waals surface area contributed by atoms with E-state index in [-0.39, 0.29) is 5.97 Å². The van der Waals surface area contributed by atoms with Gasteiger partial charge in [0.05, 0.1) is 6.61 Å². The largest absolute Gasteiger partial charge is 0.465 e. The number of fused-ring (bicyclic) bond motifs is 1. The van der Waals surface area contributed by atoms with Crippen LogP contribution < -0.4 is 5.32 Å². The van der Waals surface area contributed by atoms with Gasteiger partial charge in [0, 0.05) is 19.6 Å². The Hall–Kier alpha value is -0.610. The number of nitrogens with zero attached hydrogens (tertiary/aromatic N) is 1. The lowest BCUT2D eigenvalue weighted by Crippen LogP contribution is -2.50. The molecule has 2 rings (SSSR count). The SMILES string of the molecule is CCOC(=O)C(C)(CCN1CC2CCCC2C1)NC. The van der Waals surface area contributed by atoms with Gasteiger partial charge in [0.2, 0.25) is 0 Å². The summed E-state index contributed by atoms with van der Waals surface area (Å²) in [7, 11) is 1.84. The lowest BCUT2D eigenvalue weighted by molar-refractivity contribution is -0.150. The van der Waals surface area contributed by atoms with Crippen LogP contribution in [-0.2, 0) is 9.53 Å². The molecule has 1 saturated heterocycles. The van der Waals surface area contributed by atoms with Crippen LogP contribution in [0.3, 0.4) is 0 Å². The lowest BCUT2D eigenvalue weighted by atomic mass is 9.98. The fourth-order valence-electron chi connectivity index (χ4n) is 3.52. The van der Waals surface area contributed by atoms with Crippen molar-refractivity contribution in [1.82, 2.24) is 10.2 Å². The van der Waals surface area contributed by atoms with E-state index in [1.165, 1.54) is 32.4 Å². The summed E-state index contributed by atoms with van der Waals surface area (Å²) in [5.41, 5.74) is -0.548. The van der Waals surface area contributed by atoms with E-state index >= 15 is 0 Å². The van der Waals surface area contributed by atoms with E-state index in [4.69, 9.17) is 4.74 Å². The van der Waals surface area contributed by atoms with Crippen molar-refractivity contribution in [1.29, 1.82) is 0 Å². The third-order valence-corrected chi connectivity index (χ3v) is 5.01. The number of esters is 1. The topological polar surface area (TPSA) is 41.6 Å². The van der Waals surface area contributed by atoms with Crippen molar-refractivity contribution in [3.05, 3.63) is 0 Å². The van der Waals surface area contributed by atoms with Gasteiger partial charge in [-0.3, -0.25) is 4.79 Å². The third-order valence-electron chi connectivity index (χ3n) is 5.01. The Bertz CT molecular complexity index is 309. The smallest absolute Gasteiger partial charge is 0.326 e. The van der Waals surface area contributed by atoms with E-state index in [2.05, 4.69) is 10.2 Å². The minimum Gasteiger partial charge on any atom is -0.465 e. The van der Waals surface area contributed by atoms with Gasteiger partial charge in [0.1, 0.15) is 5.54 Å². The van der Waals surface area contributed by atoms with Crippen molar-refractivity contribution in [2.45, 2.75) is 45.1 Å². The number of rotatable bonds is 6. The molecule has 19 heavy (non-hydrogen) atoms. The molecule has 2 aliphatic rings. The van der Waals surface area contributed by atoms with E-state index in [1.807, 2.05) is 20.9 Å². The van der Waals surface area contributed by atoms with Gasteiger partial charge in [0.25, 0.3) is 0 Å². The number of ether oxygens (including phenoxy) is 1. The van der Waals surface area contributed by atoms with Crippen LogP contribution in [0.15, 0.2) is 0 Å².